The number of nitrogens with zero attached hydrogens (tertiary/aromatic N) is 2. The van der Waals surface area contributed by atoms with E-state index in [4.69, 9.17) is 4.74 Å². The first-order chi connectivity index (χ1) is 10.3. The topological polar surface area (TPSA) is 78.2 Å². The minimum Gasteiger partial charge on any atom is -0.394 e. The zero-order valence-corrected chi connectivity index (χ0v) is 12.2. The summed E-state index contributed by atoms with van der Waals surface area (Å²) in [6.07, 6.45) is 5.77. The Balaban J connectivity index is 1.92. The van der Waals surface area contributed by atoms with Crippen LogP contribution in [0.4, 0.5) is 5.82 Å². The SMILES string of the molecule is N#Cc1cc2c(nc1NC1(CO)CCOCC1)CCCC2. The van der Waals surface area contributed by atoms with Gasteiger partial charge in [-0.05, 0) is 50.2 Å². The number of fused-ring (bicyclic) bond motifs is 1. The summed E-state index contributed by atoms with van der Waals surface area (Å²) in [4.78, 5) is 4.69. The van der Waals surface area contributed by atoms with Gasteiger partial charge >= 0.3 is 0 Å². The van der Waals surface area contributed by atoms with Crippen molar-refractivity contribution in [2.45, 2.75) is 44.1 Å². The second-order valence-corrected chi connectivity index (χ2v) is 5.99. The molecule has 0 amide bonds. The van der Waals surface area contributed by atoms with Crippen LogP contribution < -0.4 is 5.32 Å². The lowest BCUT2D eigenvalue weighted by Crippen LogP contribution is -2.47. The molecule has 0 aromatic carbocycles. The number of ether oxygens (including phenoxy) is 1. The number of nitrogens with one attached hydrogen (secondary N) is 1. The van der Waals surface area contributed by atoms with Crippen molar-refractivity contribution in [1.29, 1.82) is 5.26 Å². The van der Waals surface area contributed by atoms with Gasteiger partial charge in [0.05, 0.1) is 17.7 Å². The van der Waals surface area contributed by atoms with E-state index in [0.29, 0.717) is 24.6 Å². The van der Waals surface area contributed by atoms with E-state index >= 15 is 0 Å². The number of pyridine rings is 1. The van der Waals surface area contributed by atoms with Crippen molar-refractivity contribution in [2.75, 3.05) is 25.1 Å². The van der Waals surface area contributed by atoms with Gasteiger partial charge < -0.3 is 15.2 Å². The third-order valence-corrected chi connectivity index (χ3v) is 4.56. The lowest BCUT2D eigenvalue weighted by molar-refractivity contribution is 0.0378. The number of hydrogen-bond acceptors (Lipinski definition) is 5. The summed E-state index contributed by atoms with van der Waals surface area (Å²) in [6.45, 7) is 1.28. The second-order valence-electron chi connectivity index (χ2n) is 5.99. The maximum atomic E-state index is 9.78. The van der Waals surface area contributed by atoms with E-state index in [0.717, 1.165) is 37.8 Å². The third-order valence-electron chi connectivity index (χ3n) is 4.56. The Morgan fingerprint density at radius 1 is 1.33 bits per heavy atom. The quantitative estimate of drug-likeness (QED) is 0.886. The van der Waals surface area contributed by atoms with Crippen LogP contribution >= 0.6 is 0 Å². The van der Waals surface area contributed by atoms with E-state index < -0.39 is 5.54 Å². The molecule has 2 aliphatic rings. The number of aromatic nitrogens is 1. The average molecular weight is 287 g/mol. The second kappa shape index (κ2) is 6.00. The molecule has 1 aliphatic carbocycles. The molecule has 1 aromatic heterocycles. The van der Waals surface area contributed by atoms with Crippen LogP contribution in [0.5, 0.6) is 0 Å². The van der Waals surface area contributed by atoms with Crippen LogP contribution in [0.1, 0.15) is 42.5 Å². The van der Waals surface area contributed by atoms with Crippen LogP contribution in [0.2, 0.25) is 0 Å². The molecule has 1 aliphatic heterocycles. The molecule has 0 spiro atoms. The molecule has 112 valence electrons. The number of aryl methyl sites for hydroxylation is 2. The minimum atomic E-state index is -0.417. The number of anilines is 1. The Morgan fingerprint density at radius 2 is 2.10 bits per heavy atom. The third kappa shape index (κ3) is 2.87. The fourth-order valence-electron chi connectivity index (χ4n) is 3.15. The van der Waals surface area contributed by atoms with Crippen molar-refractivity contribution in [2.24, 2.45) is 0 Å². The van der Waals surface area contributed by atoms with Gasteiger partial charge in [-0.3, -0.25) is 0 Å². The highest BCUT2D eigenvalue weighted by Gasteiger charge is 2.33. The van der Waals surface area contributed by atoms with E-state index in [1.165, 1.54) is 12.0 Å². The number of rotatable bonds is 3. The van der Waals surface area contributed by atoms with Crippen LogP contribution in [0.15, 0.2) is 6.07 Å². The van der Waals surface area contributed by atoms with Crippen LogP contribution in [0.25, 0.3) is 0 Å². The van der Waals surface area contributed by atoms with Crippen molar-refractivity contribution in [3.63, 3.8) is 0 Å². The summed E-state index contributed by atoms with van der Waals surface area (Å²) < 4.78 is 5.37. The van der Waals surface area contributed by atoms with Gasteiger partial charge in [0, 0.05) is 18.9 Å². The number of aliphatic hydroxyl groups is 1. The monoisotopic (exact) mass is 287 g/mol. The highest BCUT2D eigenvalue weighted by Crippen LogP contribution is 2.29. The predicted octanol–water partition coefficient (Wildman–Crippen LogP) is 1.79. The maximum Gasteiger partial charge on any atom is 0.144 e. The Kier molecular flexibility index (Phi) is 4.09. The minimum absolute atomic E-state index is 0.0278. The normalized spacial score (nSPS) is 20.4. The van der Waals surface area contributed by atoms with Gasteiger partial charge in [-0.25, -0.2) is 4.98 Å². The van der Waals surface area contributed by atoms with Crippen molar-refractivity contribution in [3.8, 4) is 6.07 Å². The first-order valence-electron chi connectivity index (χ1n) is 7.66. The molecular weight excluding hydrogens is 266 g/mol. The average Bonchev–Trinajstić information content (AvgIpc) is 2.55. The van der Waals surface area contributed by atoms with E-state index in [1.54, 1.807) is 0 Å². The highest BCUT2D eigenvalue weighted by atomic mass is 16.5. The van der Waals surface area contributed by atoms with Crippen molar-refractivity contribution in [3.05, 3.63) is 22.9 Å². The Bertz CT molecular complexity index is 559. The van der Waals surface area contributed by atoms with Gasteiger partial charge in [0.2, 0.25) is 0 Å². The molecule has 2 N–H and O–H groups in total. The number of nitriles is 1. The van der Waals surface area contributed by atoms with E-state index in [-0.39, 0.29) is 6.61 Å². The molecule has 0 radical (unpaired) electrons. The Hall–Kier alpha value is -1.64. The molecule has 2 heterocycles. The molecule has 1 aromatic rings. The standard InChI is InChI=1S/C16H21N3O2/c17-10-13-9-12-3-1-2-4-14(12)18-15(13)19-16(11-20)5-7-21-8-6-16/h9,20H,1-8,11H2,(H,18,19). The molecule has 21 heavy (non-hydrogen) atoms. The Morgan fingerprint density at radius 3 is 2.81 bits per heavy atom. The molecule has 0 bridgehead atoms. The fraction of sp³-hybridized carbons (Fsp3) is 0.625. The lowest BCUT2D eigenvalue weighted by atomic mass is 9.90. The number of aliphatic hydroxyl groups excluding tert-OH is 1. The van der Waals surface area contributed by atoms with Crippen LogP contribution in [-0.2, 0) is 17.6 Å². The lowest BCUT2D eigenvalue weighted by Gasteiger charge is -2.37. The zero-order valence-electron chi connectivity index (χ0n) is 12.2. The van der Waals surface area contributed by atoms with Crippen molar-refractivity contribution >= 4 is 5.82 Å². The maximum absolute atomic E-state index is 9.78. The first-order valence-corrected chi connectivity index (χ1v) is 7.66. The molecule has 3 rings (SSSR count). The first kappa shape index (κ1) is 14.3. The molecule has 0 unspecified atom stereocenters. The molecule has 1 saturated heterocycles. The summed E-state index contributed by atoms with van der Waals surface area (Å²) in [5.74, 6) is 0.620. The summed E-state index contributed by atoms with van der Waals surface area (Å²) in [7, 11) is 0. The highest BCUT2D eigenvalue weighted by molar-refractivity contribution is 5.56. The smallest absolute Gasteiger partial charge is 0.144 e. The summed E-state index contributed by atoms with van der Waals surface area (Å²) in [5.41, 5.74) is 2.46. The van der Waals surface area contributed by atoms with Gasteiger partial charge in [0.15, 0.2) is 0 Å². The van der Waals surface area contributed by atoms with Crippen molar-refractivity contribution < 1.29 is 9.84 Å². The molecule has 5 heteroatoms. The summed E-state index contributed by atoms with van der Waals surface area (Å²) in [6, 6.07) is 4.21. The van der Waals surface area contributed by atoms with E-state index in [2.05, 4.69) is 16.4 Å². The van der Waals surface area contributed by atoms with E-state index in [1.807, 2.05) is 6.07 Å². The van der Waals surface area contributed by atoms with Crippen LogP contribution in [0, 0.1) is 11.3 Å². The van der Waals surface area contributed by atoms with Gasteiger partial charge in [-0.2, -0.15) is 5.26 Å². The van der Waals surface area contributed by atoms with E-state index in [9.17, 15) is 10.4 Å². The zero-order chi connectivity index (χ0) is 14.7. The van der Waals surface area contributed by atoms with Crippen LogP contribution in [0.3, 0.4) is 0 Å². The number of hydrogen-bond donors (Lipinski definition) is 2. The predicted molar refractivity (Wildman–Crippen MR) is 79.1 cm³/mol. The molecule has 0 saturated carbocycles. The summed E-state index contributed by atoms with van der Waals surface area (Å²) >= 11 is 0. The van der Waals surface area contributed by atoms with Crippen molar-refractivity contribution in [1.82, 2.24) is 4.98 Å². The van der Waals surface area contributed by atoms with Gasteiger partial charge in [0.1, 0.15) is 11.9 Å². The van der Waals surface area contributed by atoms with Gasteiger partial charge in [0.25, 0.3) is 0 Å². The van der Waals surface area contributed by atoms with Gasteiger partial charge in [-0.1, -0.05) is 0 Å². The van der Waals surface area contributed by atoms with Gasteiger partial charge in [-0.15, -0.1) is 0 Å². The fourth-order valence-corrected chi connectivity index (χ4v) is 3.15. The Labute approximate surface area is 125 Å². The molecule has 5 nitrogen and oxygen atoms in total. The molecule has 1 fully saturated rings. The largest absolute Gasteiger partial charge is 0.394 e. The molecule has 0 atom stereocenters. The molecular formula is C16H21N3O2. The summed E-state index contributed by atoms with van der Waals surface area (Å²) in [5, 5.41) is 22.5. The van der Waals surface area contributed by atoms with Crippen LogP contribution in [-0.4, -0.2) is 35.5 Å².